The van der Waals surface area contributed by atoms with E-state index in [1.165, 1.54) is 6.20 Å². The Morgan fingerprint density at radius 1 is 0.973 bits per heavy atom. The second kappa shape index (κ2) is 11.3. The van der Waals surface area contributed by atoms with Crippen LogP contribution in [-0.2, 0) is 11.3 Å². The lowest BCUT2D eigenvalue weighted by Gasteiger charge is -2.14. The van der Waals surface area contributed by atoms with Crippen molar-refractivity contribution in [1.82, 2.24) is 9.55 Å². The molecule has 2 amide bonds. The van der Waals surface area contributed by atoms with E-state index in [0.29, 0.717) is 23.5 Å². The highest BCUT2D eigenvalue weighted by Gasteiger charge is 2.11. The molecule has 0 aliphatic rings. The number of anilines is 2. The third kappa shape index (κ3) is 6.49. The van der Waals surface area contributed by atoms with Gasteiger partial charge in [-0.25, -0.2) is 4.79 Å². The molecule has 0 spiro atoms. The monoisotopic (exact) mass is 495 g/mol. The molecule has 37 heavy (non-hydrogen) atoms. The Hall–Kier alpha value is -4.72. The van der Waals surface area contributed by atoms with Gasteiger partial charge >= 0.3 is 6.03 Å². The van der Waals surface area contributed by atoms with Crippen LogP contribution in [0.3, 0.4) is 0 Å². The normalized spacial score (nSPS) is 11.5. The third-order valence-electron chi connectivity index (χ3n) is 6.09. The first kappa shape index (κ1) is 25.4. The summed E-state index contributed by atoms with van der Waals surface area (Å²) in [6, 6.07) is 21.5. The van der Waals surface area contributed by atoms with Crippen LogP contribution in [0.5, 0.6) is 0 Å². The van der Waals surface area contributed by atoms with Crippen LogP contribution in [0.15, 0.2) is 90.0 Å². The predicted molar refractivity (Wildman–Crippen MR) is 141 cm³/mol. The van der Waals surface area contributed by atoms with Crippen molar-refractivity contribution in [3.05, 3.63) is 112 Å². The molecule has 8 heteroatoms. The molecule has 0 fully saturated rings. The zero-order valence-electron chi connectivity index (χ0n) is 20.6. The van der Waals surface area contributed by atoms with Crippen LogP contribution in [0.2, 0.25) is 0 Å². The van der Waals surface area contributed by atoms with Crippen molar-refractivity contribution in [1.29, 1.82) is 0 Å². The molecule has 0 saturated heterocycles. The van der Waals surface area contributed by atoms with Gasteiger partial charge in [-0.2, -0.15) is 0 Å². The highest BCUT2D eigenvalue weighted by molar-refractivity contribution is 6.00. The molecule has 0 saturated carbocycles. The van der Waals surface area contributed by atoms with Gasteiger partial charge in [0.2, 0.25) is 0 Å². The van der Waals surface area contributed by atoms with E-state index in [-0.39, 0.29) is 23.9 Å². The number of nitrogens with zero attached hydrogens (tertiary/aromatic N) is 2. The Kier molecular flexibility index (Phi) is 7.78. The van der Waals surface area contributed by atoms with Crippen molar-refractivity contribution >= 4 is 23.4 Å². The quantitative estimate of drug-likeness (QED) is 0.381. The number of aliphatic carboxylic acids is 1. The molecule has 0 radical (unpaired) electrons. The van der Waals surface area contributed by atoms with Gasteiger partial charge in [-0.15, -0.1) is 0 Å². The average Bonchev–Trinajstić information content (AvgIpc) is 2.87. The van der Waals surface area contributed by atoms with Gasteiger partial charge in [-0.05, 0) is 66.3 Å². The molecule has 2 N–H and O–H groups in total. The van der Waals surface area contributed by atoms with Gasteiger partial charge in [0, 0.05) is 17.9 Å². The number of para-hydroxylation sites is 1. The van der Waals surface area contributed by atoms with Crippen LogP contribution in [0.4, 0.5) is 16.2 Å². The summed E-state index contributed by atoms with van der Waals surface area (Å²) in [5.74, 6) is -1.23. The maximum Gasteiger partial charge on any atom is 0.323 e. The lowest BCUT2D eigenvalue weighted by molar-refractivity contribution is -0.306. The number of carboxylic acids is 1. The van der Waals surface area contributed by atoms with E-state index >= 15 is 0 Å². The highest BCUT2D eigenvalue weighted by Crippen LogP contribution is 2.20. The number of carboxylic acid groups (broad SMARTS) is 1. The SMILES string of the molecule is Cc1ccccc1NC(=O)Nc1ccc(-c2cccn(Cc3ccc([C@@H](C)CC(=O)[O-])cc3)c2=O)nc1. The number of urea groups is 1. The topological polar surface area (TPSA) is 116 Å². The van der Waals surface area contributed by atoms with Gasteiger partial charge in [0.1, 0.15) is 0 Å². The van der Waals surface area contributed by atoms with Gasteiger partial charge in [0.15, 0.2) is 0 Å². The molecule has 2 aromatic carbocycles. The van der Waals surface area contributed by atoms with Crippen molar-refractivity contribution in [3.63, 3.8) is 0 Å². The third-order valence-corrected chi connectivity index (χ3v) is 6.09. The van der Waals surface area contributed by atoms with E-state index in [1.807, 2.05) is 62.4 Å². The first-order chi connectivity index (χ1) is 17.8. The Morgan fingerprint density at radius 2 is 1.73 bits per heavy atom. The molecule has 8 nitrogen and oxygen atoms in total. The fourth-order valence-corrected chi connectivity index (χ4v) is 4.00. The molecule has 2 heterocycles. The highest BCUT2D eigenvalue weighted by atomic mass is 16.4. The Morgan fingerprint density at radius 3 is 2.41 bits per heavy atom. The second-order valence-electron chi connectivity index (χ2n) is 8.90. The number of rotatable bonds is 8. The van der Waals surface area contributed by atoms with Crippen LogP contribution in [0, 0.1) is 6.92 Å². The minimum Gasteiger partial charge on any atom is -0.550 e. The lowest BCUT2D eigenvalue weighted by atomic mass is 9.97. The van der Waals surface area contributed by atoms with E-state index in [2.05, 4.69) is 15.6 Å². The van der Waals surface area contributed by atoms with Crippen molar-refractivity contribution in [2.24, 2.45) is 0 Å². The molecule has 0 bridgehead atoms. The maximum absolute atomic E-state index is 13.1. The van der Waals surface area contributed by atoms with Crippen LogP contribution >= 0.6 is 0 Å². The molecule has 188 valence electrons. The molecule has 1 atom stereocenters. The summed E-state index contributed by atoms with van der Waals surface area (Å²) in [7, 11) is 0. The van der Waals surface area contributed by atoms with E-state index < -0.39 is 5.97 Å². The first-order valence-corrected chi connectivity index (χ1v) is 11.9. The average molecular weight is 496 g/mol. The van der Waals surface area contributed by atoms with Crippen LogP contribution in [0.1, 0.15) is 36.0 Å². The predicted octanol–water partition coefficient (Wildman–Crippen LogP) is 4.15. The number of aryl methyl sites for hydroxylation is 1. The summed E-state index contributed by atoms with van der Waals surface area (Å²) in [4.78, 5) is 40.7. The molecule has 4 rings (SSSR count). The van der Waals surface area contributed by atoms with E-state index in [1.54, 1.807) is 35.0 Å². The first-order valence-electron chi connectivity index (χ1n) is 11.9. The van der Waals surface area contributed by atoms with Crippen LogP contribution in [0.25, 0.3) is 11.3 Å². The Bertz CT molecular complexity index is 1460. The lowest BCUT2D eigenvalue weighted by Crippen LogP contribution is -2.23. The fraction of sp³-hybridized carbons (Fsp3) is 0.172. The number of pyridine rings is 2. The molecular weight excluding hydrogens is 468 g/mol. The number of aromatic nitrogens is 2. The minimum absolute atomic E-state index is 0.0421. The van der Waals surface area contributed by atoms with Crippen molar-refractivity contribution in [3.8, 4) is 11.3 Å². The summed E-state index contributed by atoms with van der Waals surface area (Å²) in [5, 5.41) is 16.4. The molecule has 2 aromatic heterocycles. The minimum atomic E-state index is -1.08. The van der Waals surface area contributed by atoms with Gasteiger partial charge in [0.05, 0.1) is 29.7 Å². The van der Waals surface area contributed by atoms with Gasteiger partial charge in [0.25, 0.3) is 5.56 Å². The fourth-order valence-electron chi connectivity index (χ4n) is 4.00. The van der Waals surface area contributed by atoms with Crippen LogP contribution in [-0.4, -0.2) is 21.6 Å². The number of nitrogens with one attached hydrogen (secondary N) is 2. The van der Waals surface area contributed by atoms with Crippen LogP contribution < -0.4 is 21.3 Å². The molecule has 0 unspecified atom stereocenters. The summed E-state index contributed by atoms with van der Waals surface area (Å²) < 4.78 is 1.60. The molecule has 0 aliphatic carbocycles. The van der Waals surface area contributed by atoms with E-state index in [4.69, 9.17) is 0 Å². The van der Waals surface area contributed by atoms with Crippen molar-refractivity contribution < 1.29 is 14.7 Å². The maximum atomic E-state index is 13.1. The zero-order chi connectivity index (χ0) is 26.4. The summed E-state index contributed by atoms with van der Waals surface area (Å²) in [6.45, 7) is 4.11. The zero-order valence-corrected chi connectivity index (χ0v) is 20.6. The van der Waals surface area contributed by atoms with Crippen molar-refractivity contribution in [2.75, 3.05) is 10.6 Å². The van der Waals surface area contributed by atoms with E-state index in [0.717, 1.165) is 22.4 Å². The number of hydrogen-bond acceptors (Lipinski definition) is 5. The molecule has 0 aliphatic heterocycles. The number of carbonyl (C=O) groups excluding carboxylic acids is 2. The molecular formula is C29H27N4O4-. The number of benzene rings is 2. The van der Waals surface area contributed by atoms with E-state index in [9.17, 15) is 19.5 Å². The Labute approximate surface area is 214 Å². The van der Waals surface area contributed by atoms with Gasteiger partial charge in [-0.3, -0.25) is 9.78 Å². The number of amides is 2. The standard InChI is InChI=1S/C29H28N4O4/c1-19-6-3-4-8-25(19)32-29(37)31-23-13-14-26(30-17-23)24-7-5-15-33(28(24)36)18-21-9-11-22(12-10-21)20(2)16-27(34)35/h3-15,17,20H,16,18H2,1-2H3,(H,34,35)(H2,31,32,37)/p-1/t20-/m0/s1. The summed E-state index contributed by atoms with van der Waals surface area (Å²) >= 11 is 0. The second-order valence-corrected chi connectivity index (χ2v) is 8.90. The van der Waals surface area contributed by atoms with Crippen molar-refractivity contribution in [2.45, 2.75) is 32.7 Å². The summed E-state index contributed by atoms with van der Waals surface area (Å²) in [6.07, 6.45) is 3.18. The molecule has 4 aromatic rings. The summed E-state index contributed by atoms with van der Waals surface area (Å²) in [5.41, 5.74) is 4.73. The largest absolute Gasteiger partial charge is 0.550 e. The Balaban J connectivity index is 1.44. The number of carbonyl (C=O) groups is 2. The smallest absolute Gasteiger partial charge is 0.323 e. The van der Waals surface area contributed by atoms with Gasteiger partial charge in [-0.1, -0.05) is 49.4 Å². The van der Waals surface area contributed by atoms with Gasteiger partial charge < -0.3 is 25.1 Å². The number of hydrogen-bond donors (Lipinski definition) is 2.